The fourth-order valence-corrected chi connectivity index (χ4v) is 3.01. The second kappa shape index (κ2) is 6.01. The number of aromatic nitrogens is 4. The SMILES string of the molecule is c1ccc2nc(-c3cnc(-c4ccc5ccccc5n4)cn3)ccc2c1. The molecule has 4 heteroatoms. The average Bonchev–Trinajstić information content (AvgIpc) is 2.73. The van der Waals surface area contributed by atoms with Crippen molar-refractivity contribution in [3.63, 3.8) is 0 Å². The van der Waals surface area contributed by atoms with Gasteiger partial charge in [-0.3, -0.25) is 9.97 Å². The van der Waals surface area contributed by atoms with Gasteiger partial charge in [0.15, 0.2) is 0 Å². The molecular weight excluding hydrogens is 320 g/mol. The van der Waals surface area contributed by atoms with Gasteiger partial charge in [-0.05, 0) is 24.3 Å². The minimum absolute atomic E-state index is 0.750. The smallest absolute Gasteiger partial charge is 0.107 e. The zero-order valence-corrected chi connectivity index (χ0v) is 13.9. The van der Waals surface area contributed by atoms with Gasteiger partial charge in [-0.25, -0.2) is 9.97 Å². The van der Waals surface area contributed by atoms with E-state index in [2.05, 4.69) is 32.1 Å². The van der Waals surface area contributed by atoms with Gasteiger partial charge in [-0.2, -0.15) is 0 Å². The van der Waals surface area contributed by atoms with Crippen LogP contribution in [0.3, 0.4) is 0 Å². The van der Waals surface area contributed by atoms with Crippen molar-refractivity contribution in [3.05, 3.63) is 85.2 Å². The molecule has 0 spiro atoms. The molecule has 0 saturated carbocycles. The Kier molecular flexibility index (Phi) is 3.39. The van der Waals surface area contributed by atoms with Crippen LogP contribution in [0.25, 0.3) is 44.6 Å². The third kappa shape index (κ3) is 2.58. The Bertz CT molecular complexity index is 1130. The maximum atomic E-state index is 4.67. The van der Waals surface area contributed by atoms with Gasteiger partial charge in [-0.1, -0.05) is 48.5 Å². The third-order valence-electron chi connectivity index (χ3n) is 4.37. The second-order valence-electron chi connectivity index (χ2n) is 6.07. The lowest BCUT2D eigenvalue weighted by Gasteiger charge is -2.05. The summed E-state index contributed by atoms with van der Waals surface area (Å²) in [5.41, 5.74) is 5.03. The molecule has 0 radical (unpaired) electrons. The zero-order chi connectivity index (χ0) is 17.3. The zero-order valence-electron chi connectivity index (χ0n) is 13.9. The van der Waals surface area contributed by atoms with E-state index < -0.39 is 0 Å². The van der Waals surface area contributed by atoms with E-state index in [4.69, 9.17) is 0 Å². The van der Waals surface area contributed by atoms with Crippen LogP contribution in [-0.4, -0.2) is 19.9 Å². The summed E-state index contributed by atoms with van der Waals surface area (Å²) in [6.07, 6.45) is 3.51. The van der Waals surface area contributed by atoms with Crippen LogP contribution in [0.15, 0.2) is 85.2 Å². The molecule has 0 saturated heterocycles. The quantitative estimate of drug-likeness (QED) is 0.460. The summed E-state index contributed by atoms with van der Waals surface area (Å²) in [5.74, 6) is 0. The normalized spacial score (nSPS) is 11.1. The van der Waals surface area contributed by atoms with Gasteiger partial charge in [0.25, 0.3) is 0 Å². The van der Waals surface area contributed by atoms with Crippen LogP contribution in [0.4, 0.5) is 0 Å². The minimum Gasteiger partial charge on any atom is -0.251 e. The van der Waals surface area contributed by atoms with Crippen molar-refractivity contribution in [1.29, 1.82) is 0 Å². The fraction of sp³-hybridized carbons (Fsp3) is 0. The number of benzene rings is 2. The molecule has 0 fully saturated rings. The van der Waals surface area contributed by atoms with E-state index in [-0.39, 0.29) is 0 Å². The first-order chi connectivity index (χ1) is 12.9. The van der Waals surface area contributed by atoms with Gasteiger partial charge in [0.2, 0.25) is 0 Å². The van der Waals surface area contributed by atoms with E-state index in [1.165, 1.54) is 0 Å². The van der Waals surface area contributed by atoms with Gasteiger partial charge in [0, 0.05) is 10.8 Å². The number of hydrogen-bond donors (Lipinski definition) is 0. The van der Waals surface area contributed by atoms with E-state index in [9.17, 15) is 0 Å². The number of hydrogen-bond acceptors (Lipinski definition) is 4. The predicted octanol–water partition coefficient (Wildman–Crippen LogP) is 4.91. The van der Waals surface area contributed by atoms with Crippen LogP contribution < -0.4 is 0 Å². The summed E-state index contributed by atoms with van der Waals surface area (Å²) < 4.78 is 0. The Morgan fingerprint density at radius 3 is 1.35 bits per heavy atom. The molecule has 0 amide bonds. The molecule has 26 heavy (non-hydrogen) atoms. The molecule has 122 valence electrons. The molecule has 0 bridgehead atoms. The molecule has 5 rings (SSSR count). The van der Waals surface area contributed by atoms with E-state index in [1.54, 1.807) is 12.4 Å². The molecule has 0 N–H and O–H groups in total. The van der Waals surface area contributed by atoms with Crippen LogP contribution in [0, 0.1) is 0 Å². The summed E-state index contributed by atoms with van der Waals surface area (Å²) in [7, 11) is 0. The summed E-state index contributed by atoms with van der Waals surface area (Å²) in [4.78, 5) is 18.4. The van der Waals surface area contributed by atoms with Crippen molar-refractivity contribution in [3.8, 4) is 22.8 Å². The molecule has 0 aliphatic carbocycles. The van der Waals surface area contributed by atoms with Gasteiger partial charge in [0.05, 0.1) is 34.8 Å². The van der Waals surface area contributed by atoms with Crippen molar-refractivity contribution in [2.75, 3.05) is 0 Å². The number of nitrogens with zero attached hydrogens (tertiary/aromatic N) is 4. The van der Waals surface area contributed by atoms with Crippen LogP contribution >= 0.6 is 0 Å². The van der Waals surface area contributed by atoms with E-state index in [0.29, 0.717) is 0 Å². The minimum atomic E-state index is 0.750. The molecule has 4 nitrogen and oxygen atoms in total. The van der Waals surface area contributed by atoms with Crippen LogP contribution in [0.1, 0.15) is 0 Å². The Hall–Kier alpha value is -3.66. The van der Waals surface area contributed by atoms with E-state index >= 15 is 0 Å². The molecule has 0 aliphatic heterocycles. The lowest BCUT2D eigenvalue weighted by molar-refractivity contribution is 1.17. The molecule has 0 unspecified atom stereocenters. The highest BCUT2D eigenvalue weighted by molar-refractivity contribution is 5.82. The summed E-state index contributed by atoms with van der Waals surface area (Å²) in [5, 5.41) is 2.22. The van der Waals surface area contributed by atoms with Crippen molar-refractivity contribution >= 4 is 21.8 Å². The highest BCUT2D eigenvalue weighted by Crippen LogP contribution is 2.22. The highest BCUT2D eigenvalue weighted by atomic mass is 14.9. The fourth-order valence-electron chi connectivity index (χ4n) is 3.01. The molecule has 0 atom stereocenters. The first-order valence-corrected chi connectivity index (χ1v) is 8.41. The standard InChI is InChI=1S/C22H14N4/c1-3-7-17-15(5-1)9-11-19(25-17)21-13-24-22(14-23-21)20-12-10-16-6-2-4-8-18(16)26-20/h1-14H. The molecule has 0 aliphatic rings. The van der Waals surface area contributed by atoms with E-state index in [0.717, 1.165) is 44.6 Å². The molecule has 3 heterocycles. The number of rotatable bonds is 2. The second-order valence-corrected chi connectivity index (χ2v) is 6.07. The topological polar surface area (TPSA) is 51.6 Å². The van der Waals surface area contributed by atoms with Gasteiger partial charge < -0.3 is 0 Å². The van der Waals surface area contributed by atoms with Crippen LogP contribution in [0.2, 0.25) is 0 Å². The Morgan fingerprint density at radius 2 is 0.885 bits per heavy atom. The molecule has 3 aromatic heterocycles. The first-order valence-electron chi connectivity index (χ1n) is 8.41. The van der Waals surface area contributed by atoms with Crippen molar-refractivity contribution < 1.29 is 0 Å². The average molecular weight is 334 g/mol. The molecule has 2 aromatic carbocycles. The summed E-state index contributed by atoms with van der Waals surface area (Å²) in [6.45, 7) is 0. The van der Waals surface area contributed by atoms with Crippen LogP contribution in [0.5, 0.6) is 0 Å². The molecule has 5 aromatic rings. The Morgan fingerprint density at radius 1 is 0.423 bits per heavy atom. The van der Waals surface area contributed by atoms with Crippen molar-refractivity contribution in [1.82, 2.24) is 19.9 Å². The Balaban J connectivity index is 1.52. The monoisotopic (exact) mass is 334 g/mol. The maximum Gasteiger partial charge on any atom is 0.107 e. The third-order valence-corrected chi connectivity index (χ3v) is 4.37. The van der Waals surface area contributed by atoms with Gasteiger partial charge in [-0.15, -0.1) is 0 Å². The predicted molar refractivity (Wildman–Crippen MR) is 104 cm³/mol. The first kappa shape index (κ1) is 14.7. The maximum absolute atomic E-state index is 4.67. The Labute approximate surface area is 150 Å². The van der Waals surface area contributed by atoms with Crippen LogP contribution in [-0.2, 0) is 0 Å². The lowest BCUT2D eigenvalue weighted by atomic mass is 10.1. The van der Waals surface area contributed by atoms with Crippen molar-refractivity contribution in [2.24, 2.45) is 0 Å². The van der Waals surface area contributed by atoms with Gasteiger partial charge in [0.1, 0.15) is 11.4 Å². The largest absolute Gasteiger partial charge is 0.251 e. The highest BCUT2D eigenvalue weighted by Gasteiger charge is 2.07. The number of pyridine rings is 2. The molecular formula is C22H14N4. The lowest BCUT2D eigenvalue weighted by Crippen LogP contribution is -1.93. The summed E-state index contributed by atoms with van der Waals surface area (Å²) in [6, 6.07) is 24.1. The number of para-hydroxylation sites is 2. The van der Waals surface area contributed by atoms with Crippen molar-refractivity contribution in [2.45, 2.75) is 0 Å². The van der Waals surface area contributed by atoms with E-state index in [1.807, 2.05) is 60.7 Å². The van der Waals surface area contributed by atoms with Gasteiger partial charge >= 0.3 is 0 Å². The number of fused-ring (bicyclic) bond motifs is 2. The summed E-state index contributed by atoms with van der Waals surface area (Å²) >= 11 is 0.